The van der Waals surface area contributed by atoms with Crippen molar-refractivity contribution >= 4 is 5.78 Å². The topological polar surface area (TPSA) is 26.3 Å². The van der Waals surface area contributed by atoms with Gasteiger partial charge in [-0.25, -0.2) is 4.39 Å². The highest BCUT2D eigenvalue weighted by Crippen LogP contribution is 2.23. The molecule has 2 aromatic rings. The van der Waals surface area contributed by atoms with Gasteiger partial charge >= 0.3 is 0 Å². The van der Waals surface area contributed by atoms with E-state index in [1.165, 1.54) is 19.2 Å². The molecule has 0 amide bonds. The van der Waals surface area contributed by atoms with E-state index in [2.05, 4.69) is 0 Å². The van der Waals surface area contributed by atoms with E-state index in [4.69, 9.17) is 4.74 Å². The second-order valence-corrected chi connectivity index (χ2v) is 4.01. The normalized spacial score (nSPS) is 10.2. The maximum absolute atomic E-state index is 13.6. The van der Waals surface area contributed by atoms with E-state index < -0.39 is 5.82 Å². The third-order valence-corrected chi connectivity index (χ3v) is 2.72. The smallest absolute Gasteiger partial charge is 0.199 e. The Morgan fingerprint density at radius 1 is 1.11 bits per heavy atom. The molecule has 0 saturated carbocycles. The maximum Gasteiger partial charge on any atom is 0.199 e. The third kappa shape index (κ3) is 2.25. The molecule has 0 aliphatic rings. The minimum atomic E-state index is -0.522. The lowest BCUT2D eigenvalue weighted by Crippen LogP contribution is -2.06. The molecule has 0 saturated heterocycles. The molecule has 18 heavy (non-hydrogen) atoms. The van der Waals surface area contributed by atoms with Crippen molar-refractivity contribution in [2.24, 2.45) is 0 Å². The van der Waals surface area contributed by atoms with E-state index in [0.29, 0.717) is 11.3 Å². The second kappa shape index (κ2) is 5.00. The minimum absolute atomic E-state index is 0.0569. The van der Waals surface area contributed by atoms with E-state index in [1.807, 2.05) is 13.0 Å². The lowest BCUT2D eigenvalue weighted by atomic mass is 10.0. The Morgan fingerprint density at radius 2 is 1.83 bits per heavy atom. The lowest BCUT2D eigenvalue weighted by molar-refractivity contribution is 0.103. The van der Waals surface area contributed by atoms with Crippen LogP contribution in [0.5, 0.6) is 5.75 Å². The highest BCUT2D eigenvalue weighted by atomic mass is 19.1. The van der Waals surface area contributed by atoms with Gasteiger partial charge in [0.1, 0.15) is 11.6 Å². The zero-order valence-corrected chi connectivity index (χ0v) is 10.2. The van der Waals surface area contributed by atoms with Crippen LogP contribution < -0.4 is 4.74 Å². The van der Waals surface area contributed by atoms with E-state index >= 15 is 0 Å². The van der Waals surface area contributed by atoms with Gasteiger partial charge in [-0.1, -0.05) is 23.8 Å². The molecular formula is C15H13FO2. The molecule has 0 heterocycles. The number of methoxy groups -OCH3 is 1. The summed E-state index contributed by atoms with van der Waals surface area (Å²) >= 11 is 0. The molecule has 0 fully saturated rings. The van der Waals surface area contributed by atoms with Crippen LogP contribution in [0, 0.1) is 12.7 Å². The van der Waals surface area contributed by atoms with Crippen molar-refractivity contribution < 1.29 is 13.9 Å². The number of halogens is 1. The Kier molecular flexibility index (Phi) is 3.42. The Hall–Kier alpha value is -2.16. The molecule has 0 atom stereocenters. The summed E-state index contributed by atoms with van der Waals surface area (Å²) in [5.74, 6) is -0.437. The molecule has 0 radical (unpaired) electrons. The number of hydrogen-bond acceptors (Lipinski definition) is 2. The standard InChI is InChI=1S/C15H13FO2/c1-10-7-8-14(18-2)12(9-10)15(17)11-5-3-4-6-13(11)16/h3-9H,1-2H3. The molecule has 0 bridgehead atoms. The molecule has 0 spiro atoms. The molecule has 2 aromatic carbocycles. The van der Waals surface area contributed by atoms with Gasteiger partial charge in [0.25, 0.3) is 0 Å². The van der Waals surface area contributed by atoms with Gasteiger partial charge in [0, 0.05) is 0 Å². The zero-order chi connectivity index (χ0) is 13.1. The molecule has 0 aromatic heterocycles. The highest BCUT2D eigenvalue weighted by Gasteiger charge is 2.17. The Labute approximate surface area is 105 Å². The summed E-state index contributed by atoms with van der Waals surface area (Å²) in [7, 11) is 1.49. The Balaban J connectivity index is 2.52. The van der Waals surface area contributed by atoms with Crippen LogP contribution in [0.2, 0.25) is 0 Å². The molecule has 0 aliphatic carbocycles. The summed E-state index contributed by atoms with van der Waals surface area (Å²) in [6.45, 7) is 1.87. The van der Waals surface area contributed by atoms with Crippen molar-refractivity contribution in [2.75, 3.05) is 7.11 Å². The van der Waals surface area contributed by atoms with Gasteiger partial charge in [-0.15, -0.1) is 0 Å². The first kappa shape index (κ1) is 12.3. The molecule has 0 unspecified atom stereocenters. The summed E-state index contributed by atoms with van der Waals surface area (Å²) in [5, 5.41) is 0. The van der Waals surface area contributed by atoms with Gasteiger partial charge in [0.15, 0.2) is 5.78 Å². The van der Waals surface area contributed by atoms with Crippen LogP contribution in [-0.4, -0.2) is 12.9 Å². The fourth-order valence-corrected chi connectivity index (χ4v) is 1.79. The van der Waals surface area contributed by atoms with Gasteiger partial charge in [-0.2, -0.15) is 0 Å². The quantitative estimate of drug-likeness (QED) is 0.774. The summed E-state index contributed by atoms with van der Waals surface area (Å²) in [6.07, 6.45) is 0. The molecule has 2 rings (SSSR count). The van der Waals surface area contributed by atoms with Crippen molar-refractivity contribution in [2.45, 2.75) is 6.92 Å². The fraction of sp³-hybridized carbons (Fsp3) is 0.133. The minimum Gasteiger partial charge on any atom is -0.496 e. The van der Waals surface area contributed by atoms with Gasteiger partial charge in [0.05, 0.1) is 18.2 Å². The highest BCUT2D eigenvalue weighted by molar-refractivity contribution is 6.11. The number of aryl methyl sites for hydroxylation is 1. The van der Waals surface area contributed by atoms with Crippen molar-refractivity contribution in [1.29, 1.82) is 0 Å². The van der Waals surface area contributed by atoms with E-state index in [1.54, 1.807) is 24.3 Å². The van der Waals surface area contributed by atoms with Crippen LogP contribution in [0.3, 0.4) is 0 Å². The summed E-state index contributed by atoms with van der Waals surface area (Å²) in [4.78, 5) is 12.3. The largest absolute Gasteiger partial charge is 0.496 e. The Bertz CT molecular complexity index is 591. The second-order valence-electron chi connectivity index (χ2n) is 4.01. The zero-order valence-electron chi connectivity index (χ0n) is 10.2. The van der Waals surface area contributed by atoms with Gasteiger partial charge in [-0.05, 0) is 31.2 Å². The molecule has 92 valence electrons. The average Bonchev–Trinajstić information content (AvgIpc) is 2.38. The van der Waals surface area contributed by atoms with Crippen LogP contribution in [0.15, 0.2) is 42.5 Å². The maximum atomic E-state index is 13.6. The van der Waals surface area contributed by atoms with Crippen LogP contribution in [-0.2, 0) is 0 Å². The van der Waals surface area contributed by atoms with Crippen molar-refractivity contribution in [3.05, 3.63) is 65.0 Å². The number of carbonyl (C=O) groups excluding carboxylic acids is 1. The molecule has 3 heteroatoms. The first-order valence-electron chi connectivity index (χ1n) is 5.57. The molecule has 0 aliphatic heterocycles. The van der Waals surface area contributed by atoms with Crippen LogP contribution >= 0.6 is 0 Å². The first-order valence-corrected chi connectivity index (χ1v) is 5.57. The average molecular weight is 244 g/mol. The van der Waals surface area contributed by atoms with Crippen LogP contribution in [0.1, 0.15) is 21.5 Å². The van der Waals surface area contributed by atoms with Crippen molar-refractivity contribution in [3.8, 4) is 5.75 Å². The Morgan fingerprint density at radius 3 is 2.50 bits per heavy atom. The number of benzene rings is 2. The monoisotopic (exact) mass is 244 g/mol. The summed E-state index contributed by atoms with van der Waals surface area (Å²) in [5.41, 5.74) is 1.36. The molecular weight excluding hydrogens is 231 g/mol. The number of ether oxygens (including phenoxy) is 1. The van der Waals surface area contributed by atoms with E-state index in [-0.39, 0.29) is 11.3 Å². The van der Waals surface area contributed by atoms with Crippen molar-refractivity contribution in [3.63, 3.8) is 0 Å². The van der Waals surface area contributed by atoms with E-state index in [0.717, 1.165) is 5.56 Å². The predicted octanol–water partition coefficient (Wildman–Crippen LogP) is 3.37. The van der Waals surface area contributed by atoms with Crippen molar-refractivity contribution in [1.82, 2.24) is 0 Å². The number of ketones is 1. The molecule has 2 nitrogen and oxygen atoms in total. The third-order valence-electron chi connectivity index (χ3n) is 2.72. The van der Waals surface area contributed by atoms with Gasteiger partial charge < -0.3 is 4.74 Å². The SMILES string of the molecule is COc1ccc(C)cc1C(=O)c1ccccc1F. The number of rotatable bonds is 3. The van der Waals surface area contributed by atoms with Crippen LogP contribution in [0.4, 0.5) is 4.39 Å². The number of carbonyl (C=O) groups is 1. The summed E-state index contributed by atoms with van der Waals surface area (Å²) < 4.78 is 18.7. The van der Waals surface area contributed by atoms with Crippen LogP contribution in [0.25, 0.3) is 0 Å². The lowest BCUT2D eigenvalue weighted by Gasteiger charge is -2.09. The van der Waals surface area contributed by atoms with Gasteiger partial charge in [-0.3, -0.25) is 4.79 Å². The predicted molar refractivity (Wildman–Crippen MR) is 67.6 cm³/mol. The number of hydrogen-bond donors (Lipinski definition) is 0. The first-order chi connectivity index (χ1) is 8.63. The van der Waals surface area contributed by atoms with Gasteiger partial charge in [0.2, 0.25) is 0 Å². The fourth-order valence-electron chi connectivity index (χ4n) is 1.79. The van der Waals surface area contributed by atoms with E-state index in [9.17, 15) is 9.18 Å². The summed E-state index contributed by atoms with van der Waals surface area (Å²) in [6, 6.07) is 11.2. The molecule has 0 N–H and O–H groups in total.